The van der Waals surface area contributed by atoms with Crippen LogP contribution in [0, 0.1) is 0 Å². The van der Waals surface area contributed by atoms with Crippen LogP contribution in [-0.4, -0.2) is 23.0 Å². The second kappa shape index (κ2) is 6.72. The number of benzene rings is 1. The van der Waals surface area contributed by atoms with Crippen molar-refractivity contribution in [2.45, 2.75) is 11.4 Å². The van der Waals surface area contributed by atoms with Crippen LogP contribution < -0.4 is 10.5 Å². The summed E-state index contributed by atoms with van der Waals surface area (Å²) in [6.07, 6.45) is 3.09. The highest BCUT2D eigenvalue weighted by molar-refractivity contribution is 7.89. The van der Waals surface area contributed by atoms with Crippen LogP contribution in [0.1, 0.15) is 5.69 Å². The average molecular weight is 402 g/mol. The van der Waals surface area contributed by atoms with E-state index in [1.54, 1.807) is 6.20 Å². The summed E-state index contributed by atoms with van der Waals surface area (Å²) >= 11 is 1.50. The lowest BCUT2D eigenvalue weighted by Crippen LogP contribution is -2.24. The summed E-state index contributed by atoms with van der Waals surface area (Å²) in [6, 6.07) is 8.06. The minimum absolute atomic E-state index is 0.00817. The van der Waals surface area contributed by atoms with Crippen LogP contribution >= 0.6 is 11.3 Å². The van der Waals surface area contributed by atoms with Crippen LogP contribution in [-0.2, 0) is 23.6 Å². The van der Waals surface area contributed by atoms with E-state index in [0.717, 1.165) is 4.88 Å². The Labute approximate surface area is 158 Å². The SMILES string of the molecule is Cn1c(=O)oc2ccc(S(=O)(=O)NCc3nccnc3-c3cccs3)cc21. The van der Waals surface area contributed by atoms with Crippen LogP contribution in [0.15, 0.2) is 62.2 Å². The maximum absolute atomic E-state index is 12.7. The standard InChI is InChI=1S/C17H14N4O4S2/c1-21-13-9-11(4-5-14(13)25-17(21)22)27(23,24)20-10-12-16(19-7-6-18-12)15-3-2-8-26-15/h2-9,20H,10H2,1H3. The first kappa shape index (κ1) is 17.6. The first-order valence-corrected chi connectivity index (χ1v) is 10.2. The highest BCUT2D eigenvalue weighted by atomic mass is 32.2. The minimum atomic E-state index is -3.81. The lowest BCUT2D eigenvalue weighted by Gasteiger charge is -2.09. The zero-order chi connectivity index (χ0) is 19.0. The number of hydrogen-bond acceptors (Lipinski definition) is 7. The number of nitrogens with zero attached hydrogens (tertiary/aromatic N) is 3. The largest absolute Gasteiger partial charge is 0.419 e. The first-order chi connectivity index (χ1) is 13.0. The van der Waals surface area contributed by atoms with Crippen molar-refractivity contribution >= 4 is 32.5 Å². The molecule has 27 heavy (non-hydrogen) atoms. The van der Waals surface area contributed by atoms with Crippen molar-refractivity contribution in [3.8, 4) is 10.6 Å². The van der Waals surface area contributed by atoms with Gasteiger partial charge in [-0.2, -0.15) is 0 Å². The number of rotatable bonds is 5. The van der Waals surface area contributed by atoms with Crippen molar-refractivity contribution in [2.75, 3.05) is 0 Å². The highest BCUT2D eigenvalue weighted by Gasteiger charge is 2.18. The van der Waals surface area contributed by atoms with Crippen LogP contribution in [0.2, 0.25) is 0 Å². The minimum Gasteiger partial charge on any atom is -0.408 e. The van der Waals surface area contributed by atoms with Gasteiger partial charge in [-0.15, -0.1) is 11.3 Å². The molecule has 0 aliphatic rings. The lowest BCUT2D eigenvalue weighted by molar-refractivity contribution is 0.528. The molecule has 138 valence electrons. The molecule has 0 unspecified atom stereocenters. The number of aromatic nitrogens is 3. The Bertz CT molecular complexity index is 1270. The molecule has 0 aliphatic heterocycles. The van der Waals surface area contributed by atoms with Gasteiger partial charge >= 0.3 is 5.76 Å². The molecule has 8 nitrogen and oxygen atoms in total. The van der Waals surface area contributed by atoms with Gasteiger partial charge in [0.15, 0.2) is 5.58 Å². The number of nitrogens with one attached hydrogen (secondary N) is 1. The van der Waals surface area contributed by atoms with E-state index in [4.69, 9.17) is 4.42 Å². The van der Waals surface area contributed by atoms with Crippen LogP contribution in [0.4, 0.5) is 0 Å². The quantitative estimate of drug-likeness (QED) is 0.548. The number of oxazole rings is 1. The number of hydrogen-bond donors (Lipinski definition) is 1. The Balaban J connectivity index is 1.64. The van der Waals surface area contributed by atoms with E-state index in [9.17, 15) is 13.2 Å². The normalized spacial score (nSPS) is 11.9. The second-order valence-electron chi connectivity index (χ2n) is 5.71. The Morgan fingerprint density at radius 3 is 2.81 bits per heavy atom. The summed E-state index contributed by atoms with van der Waals surface area (Å²) in [5, 5.41) is 1.92. The molecule has 4 aromatic rings. The van der Waals surface area contributed by atoms with Crippen LogP contribution in [0.5, 0.6) is 0 Å². The molecule has 3 aromatic heterocycles. The monoisotopic (exact) mass is 402 g/mol. The third kappa shape index (κ3) is 3.29. The number of aryl methyl sites for hydroxylation is 1. The summed E-state index contributed by atoms with van der Waals surface area (Å²) in [7, 11) is -2.30. The summed E-state index contributed by atoms with van der Waals surface area (Å²) < 4.78 is 34.2. The van der Waals surface area contributed by atoms with Gasteiger partial charge in [0.05, 0.1) is 27.5 Å². The van der Waals surface area contributed by atoms with Crippen molar-refractivity contribution in [1.29, 1.82) is 0 Å². The second-order valence-corrected chi connectivity index (χ2v) is 8.42. The summed E-state index contributed by atoms with van der Waals surface area (Å²) in [4.78, 5) is 21.1. The van der Waals surface area contributed by atoms with E-state index < -0.39 is 15.8 Å². The molecule has 0 aliphatic carbocycles. The number of fused-ring (bicyclic) bond motifs is 1. The smallest absolute Gasteiger partial charge is 0.408 e. The molecule has 0 fully saturated rings. The third-order valence-electron chi connectivity index (χ3n) is 4.03. The predicted molar refractivity (Wildman–Crippen MR) is 101 cm³/mol. The molecule has 10 heteroatoms. The van der Waals surface area contributed by atoms with Gasteiger partial charge in [-0.25, -0.2) is 17.9 Å². The molecule has 1 aromatic carbocycles. The van der Waals surface area contributed by atoms with Gasteiger partial charge in [-0.05, 0) is 29.6 Å². The maximum Gasteiger partial charge on any atom is 0.419 e. The van der Waals surface area contributed by atoms with Gasteiger partial charge in [0, 0.05) is 19.4 Å². The fourth-order valence-electron chi connectivity index (χ4n) is 2.64. The van der Waals surface area contributed by atoms with E-state index in [1.165, 1.54) is 47.3 Å². The molecule has 0 amide bonds. The van der Waals surface area contributed by atoms with Crippen LogP contribution in [0.25, 0.3) is 21.7 Å². The van der Waals surface area contributed by atoms with Crippen molar-refractivity contribution < 1.29 is 12.8 Å². The molecule has 0 spiro atoms. The van der Waals surface area contributed by atoms with Crippen LogP contribution in [0.3, 0.4) is 0 Å². The van der Waals surface area contributed by atoms with Gasteiger partial charge < -0.3 is 4.42 Å². The topological polar surface area (TPSA) is 107 Å². The van der Waals surface area contributed by atoms with Crippen molar-refractivity contribution in [3.05, 3.63) is 64.4 Å². The van der Waals surface area contributed by atoms with Crippen molar-refractivity contribution in [3.63, 3.8) is 0 Å². The Hall–Kier alpha value is -2.82. The van der Waals surface area contributed by atoms with E-state index >= 15 is 0 Å². The summed E-state index contributed by atoms with van der Waals surface area (Å²) in [5.74, 6) is -0.548. The predicted octanol–water partition coefficient (Wildman–Crippen LogP) is 2.13. The zero-order valence-corrected chi connectivity index (χ0v) is 15.8. The molecule has 0 radical (unpaired) electrons. The molecule has 0 atom stereocenters. The lowest BCUT2D eigenvalue weighted by atomic mass is 10.2. The molecular formula is C17H14N4O4S2. The third-order valence-corrected chi connectivity index (χ3v) is 6.31. The molecule has 4 rings (SSSR count). The maximum atomic E-state index is 12.7. The van der Waals surface area contributed by atoms with E-state index in [2.05, 4.69) is 14.7 Å². The molecule has 1 N–H and O–H groups in total. The average Bonchev–Trinajstić information content (AvgIpc) is 3.29. The summed E-state index contributed by atoms with van der Waals surface area (Å²) in [5.41, 5.74) is 1.90. The van der Waals surface area contributed by atoms with Crippen molar-refractivity contribution in [2.24, 2.45) is 7.05 Å². The molecule has 3 heterocycles. The van der Waals surface area contributed by atoms with Gasteiger partial charge in [0.25, 0.3) is 0 Å². The first-order valence-electron chi connectivity index (χ1n) is 7.89. The Morgan fingerprint density at radius 1 is 1.22 bits per heavy atom. The number of sulfonamides is 1. The highest BCUT2D eigenvalue weighted by Crippen LogP contribution is 2.25. The molecule has 0 bridgehead atoms. The zero-order valence-electron chi connectivity index (χ0n) is 14.1. The van der Waals surface area contributed by atoms with Gasteiger partial charge in [0.2, 0.25) is 10.0 Å². The van der Waals surface area contributed by atoms with Crippen molar-refractivity contribution in [1.82, 2.24) is 19.3 Å². The van der Waals surface area contributed by atoms with Gasteiger partial charge in [-0.1, -0.05) is 6.07 Å². The van der Waals surface area contributed by atoms with E-state index in [0.29, 0.717) is 22.5 Å². The Morgan fingerprint density at radius 2 is 2.04 bits per heavy atom. The molecule has 0 saturated carbocycles. The van der Waals surface area contributed by atoms with E-state index in [1.807, 2.05) is 17.5 Å². The fourth-order valence-corrected chi connectivity index (χ4v) is 4.39. The van der Waals surface area contributed by atoms with E-state index in [-0.39, 0.29) is 11.4 Å². The number of thiophene rings is 1. The summed E-state index contributed by atoms with van der Waals surface area (Å²) in [6.45, 7) is -0.00817. The molecule has 0 saturated heterocycles. The fraction of sp³-hybridized carbons (Fsp3) is 0.118. The van der Waals surface area contributed by atoms with Gasteiger partial charge in [-0.3, -0.25) is 14.5 Å². The van der Waals surface area contributed by atoms with Gasteiger partial charge in [0.1, 0.15) is 5.69 Å². The molecular weight excluding hydrogens is 388 g/mol. The Kier molecular flexibility index (Phi) is 4.38.